The molecule has 1 saturated carbocycles. The van der Waals surface area contributed by atoms with Gasteiger partial charge in [-0.05, 0) is 67.3 Å². The van der Waals surface area contributed by atoms with Gasteiger partial charge in [0.2, 0.25) is 0 Å². The molecular weight excluding hydrogens is 265 g/mol. The maximum Gasteiger partial charge on any atom is 0.0439 e. The SMILES string of the molecule is CCC1CCC(CN)(Cc2cc(Cl)ccc2Cl)C1. The summed E-state index contributed by atoms with van der Waals surface area (Å²) in [5.41, 5.74) is 7.42. The Kier molecular flexibility index (Phi) is 4.58. The van der Waals surface area contributed by atoms with Crippen molar-refractivity contribution < 1.29 is 0 Å². The average molecular weight is 286 g/mol. The fourth-order valence-electron chi connectivity index (χ4n) is 3.18. The lowest BCUT2D eigenvalue weighted by Gasteiger charge is -2.28. The van der Waals surface area contributed by atoms with E-state index < -0.39 is 0 Å². The molecule has 100 valence electrons. The van der Waals surface area contributed by atoms with Crippen LogP contribution in [0.4, 0.5) is 0 Å². The van der Waals surface area contributed by atoms with E-state index in [4.69, 9.17) is 28.9 Å². The predicted molar refractivity (Wildman–Crippen MR) is 79.3 cm³/mol. The molecule has 2 rings (SSSR count). The van der Waals surface area contributed by atoms with Crippen LogP contribution in [-0.2, 0) is 6.42 Å². The van der Waals surface area contributed by atoms with Crippen LogP contribution in [0.2, 0.25) is 10.0 Å². The van der Waals surface area contributed by atoms with Crippen LogP contribution in [0.1, 0.15) is 38.2 Å². The van der Waals surface area contributed by atoms with Gasteiger partial charge < -0.3 is 5.73 Å². The van der Waals surface area contributed by atoms with Gasteiger partial charge in [0.25, 0.3) is 0 Å². The summed E-state index contributed by atoms with van der Waals surface area (Å²) in [5.74, 6) is 0.825. The first kappa shape index (κ1) is 14.2. The van der Waals surface area contributed by atoms with Crippen molar-refractivity contribution >= 4 is 23.2 Å². The van der Waals surface area contributed by atoms with Gasteiger partial charge in [-0.25, -0.2) is 0 Å². The summed E-state index contributed by atoms with van der Waals surface area (Å²) in [4.78, 5) is 0. The molecule has 2 atom stereocenters. The standard InChI is InChI=1S/C15H21Cl2N/c1-2-11-5-6-15(8-11,10-18)9-12-7-13(16)3-4-14(12)17/h3-4,7,11H,2,5-6,8-10,18H2,1H3. The second-order valence-electron chi connectivity index (χ2n) is 5.63. The summed E-state index contributed by atoms with van der Waals surface area (Å²) in [6.45, 7) is 3.01. The second kappa shape index (κ2) is 5.81. The van der Waals surface area contributed by atoms with Crippen molar-refractivity contribution in [1.82, 2.24) is 0 Å². The molecule has 1 aliphatic rings. The van der Waals surface area contributed by atoms with Crippen LogP contribution in [0.3, 0.4) is 0 Å². The van der Waals surface area contributed by atoms with Crippen molar-refractivity contribution in [1.29, 1.82) is 0 Å². The van der Waals surface area contributed by atoms with Crippen molar-refractivity contribution in [2.75, 3.05) is 6.54 Å². The fraction of sp³-hybridized carbons (Fsp3) is 0.600. The summed E-state index contributed by atoms with van der Waals surface area (Å²) in [7, 11) is 0. The number of hydrogen-bond acceptors (Lipinski definition) is 1. The number of halogens is 2. The molecule has 1 aliphatic carbocycles. The Bertz CT molecular complexity index is 419. The van der Waals surface area contributed by atoms with E-state index in [1.54, 1.807) is 0 Å². The van der Waals surface area contributed by atoms with Gasteiger partial charge in [-0.15, -0.1) is 0 Å². The molecule has 0 amide bonds. The van der Waals surface area contributed by atoms with Gasteiger partial charge in [-0.3, -0.25) is 0 Å². The zero-order chi connectivity index (χ0) is 13.2. The highest BCUT2D eigenvalue weighted by atomic mass is 35.5. The van der Waals surface area contributed by atoms with E-state index in [0.717, 1.165) is 34.5 Å². The molecule has 3 heteroatoms. The molecule has 0 aromatic heterocycles. The van der Waals surface area contributed by atoms with E-state index in [9.17, 15) is 0 Å². The van der Waals surface area contributed by atoms with Crippen molar-refractivity contribution in [3.05, 3.63) is 33.8 Å². The molecular formula is C15H21Cl2N. The molecule has 1 fully saturated rings. The first-order valence-electron chi connectivity index (χ1n) is 6.72. The van der Waals surface area contributed by atoms with Crippen LogP contribution >= 0.6 is 23.2 Å². The third kappa shape index (κ3) is 3.01. The minimum absolute atomic E-state index is 0.231. The minimum Gasteiger partial charge on any atom is -0.330 e. The van der Waals surface area contributed by atoms with Crippen molar-refractivity contribution in [2.24, 2.45) is 17.1 Å². The van der Waals surface area contributed by atoms with Gasteiger partial charge in [0.05, 0.1) is 0 Å². The molecule has 0 spiro atoms. The lowest BCUT2D eigenvalue weighted by molar-refractivity contribution is 0.291. The summed E-state index contributed by atoms with van der Waals surface area (Å²) in [6.07, 6.45) is 5.95. The zero-order valence-corrected chi connectivity index (χ0v) is 12.4. The molecule has 2 unspecified atom stereocenters. The highest BCUT2D eigenvalue weighted by Crippen LogP contribution is 2.45. The van der Waals surface area contributed by atoms with E-state index in [1.165, 1.54) is 25.7 Å². The van der Waals surface area contributed by atoms with Gasteiger partial charge in [-0.2, -0.15) is 0 Å². The number of hydrogen-bond donors (Lipinski definition) is 1. The summed E-state index contributed by atoms with van der Waals surface area (Å²) < 4.78 is 0. The first-order chi connectivity index (χ1) is 8.58. The molecule has 1 aromatic carbocycles. The Morgan fingerprint density at radius 3 is 2.78 bits per heavy atom. The molecule has 1 aromatic rings. The minimum atomic E-state index is 0.231. The van der Waals surface area contributed by atoms with Crippen LogP contribution in [0, 0.1) is 11.3 Å². The lowest BCUT2D eigenvalue weighted by Crippen LogP contribution is -2.30. The molecule has 18 heavy (non-hydrogen) atoms. The fourth-order valence-corrected chi connectivity index (χ4v) is 3.56. The Balaban J connectivity index is 2.18. The maximum atomic E-state index is 6.26. The molecule has 0 aliphatic heterocycles. The normalized spacial score (nSPS) is 27.7. The Morgan fingerprint density at radius 1 is 1.39 bits per heavy atom. The van der Waals surface area contributed by atoms with E-state index in [-0.39, 0.29) is 5.41 Å². The Labute approximate surface area is 120 Å². The summed E-state index contributed by atoms with van der Waals surface area (Å²) in [6, 6.07) is 5.71. The second-order valence-corrected chi connectivity index (χ2v) is 6.48. The topological polar surface area (TPSA) is 26.0 Å². The molecule has 1 nitrogen and oxygen atoms in total. The van der Waals surface area contributed by atoms with E-state index in [2.05, 4.69) is 6.92 Å². The van der Waals surface area contributed by atoms with Crippen molar-refractivity contribution in [3.8, 4) is 0 Å². The smallest absolute Gasteiger partial charge is 0.0439 e. The summed E-state index contributed by atoms with van der Waals surface area (Å²) in [5, 5.41) is 1.57. The Morgan fingerprint density at radius 2 is 2.17 bits per heavy atom. The summed E-state index contributed by atoms with van der Waals surface area (Å²) >= 11 is 12.3. The van der Waals surface area contributed by atoms with Crippen LogP contribution in [0.25, 0.3) is 0 Å². The highest BCUT2D eigenvalue weighted by Gasteiger charge is 2.37. The van der Waals surface area contributed by atoms with Crippen LogP contribution in [0.15, 0.2) is 18.2 Å². The highest BCUT2D eigenvalue weighted by molar-refractivity contribution is 6.33. The lowest BCUT2D eigenvalue weighted by atomic mass is 9.79. The molecule has 2 N–H and O–H groups in total. The molecule has 0 bridgehead atoms. The van der Waals surface area contributed by atoms with E-state index >= 15 is 0 Å². The van der Waals surface area contributed by atoms with Gasteiger partial charge in [0.15, 0.2) is 0 Å². The van der Waals surface area contributed by atoms with Crippen molar-refractivity contribution in [2.45, 2.75) is 39.0 Å². The first-order valence-corrected chi connectivity index (χ1v) is 7.48. The molecule has 0 saturated heterocycles. The molecule has 0 radical (unpaired) electrons. The predicted octanol–water partition coefficient (Wildman–Crippen LogP) is 4.69. The van der Waals surface area contributed by atoms with Gasteiger partial charge in [0.1, 0.15) is 0 Å². The monoisotopic (exact) mass is 285 g/mol. The average Bonchev–Trinajstić information content (AvgIpc) is 2.78. The van der Waals surface area contributed by atoms with Gasteiger partial charge >= 0.3 is 0 Å². The van der Waals surface area contributed by atoms with E-state index in [0.29, 0.717) is 0 Å². The Hall–Kier alpha value is -0.240. The maximum absolute atomic E-state index is 6.26. The zero-order valence-electron chi connectivity index (χ0n) is 10.9. The van der Waals surface area contributed by atoms with Crippen LogP contribution in [0.5, 0.6) is 0 Å². The quantitative estimate of drug-likeness (QED) is 0.853. The molecule has 0 heterocycles. The third-order valence-corrected chi connectivity index (χ3v) is 4.99. The van der Waals surface area contributed by atoms with Crippen LogP contribution in [-0.4, -0.2) is 6.54 Å². The van der Waals surface area contributed by atoms with Crippen LogP contribution < -0.4 is 5.73 Å². The van der Waals surface area contributed by atoms with Gasteiger partial charge in [0, 0.05) is 10.0 Å². The third-order valence-electron chi connectivity index (χ3n) is 4.39. The largest absolute Gasteiger partial charge is 0.330 e. The number of nitrogens with two attached hydrogens (primary N) is 1. The number of rotatable bonds is 4. The number of benzene rings is 1. The van der Waals surface area contributed by atoms with Crippen molar-refractivity contribution in [3.63, 3.8) is 0 Å². The van der Waals surface area contributed by atoms with Gasteiger partial charge in [-0.1, -0.05) is 36.5 Å². The van der Waals surface area contributed by atoms with E-state index in [1.807, 2.05) is 18.2 Å².